The van der Waals surface area contributed by atoms with Crippen LogP contribution in [0.1, 0.15) is 25.7 Å². The number of hydrogen-bond acceptors (Lipinski definition) is 3. The molecule has 2 saturated heterocycles. The molecule has 0 spiro atoms. The zero-order valence-corrected chi connectivity index (χ0v) is 12.6. The third-order valence-corrected chi connectivity index (χ3v) is 4.47. The van der Waals surface area contributed by atoms with Gasteiger partial charge >= 0.3 is 6.18 Å². The fourth-order valence-electron chi connectivity index (χ4n) is 3.03. The second kappa shape index (κ2) is 7.15. The van der Waals surface area contributed by atoms with E-state index in [1.807, 2.05) is 0 Å². The van der Waals surface area contributed by atoms with E-state index < -0.39 is 17.5 Å². The summed E-state index contributed by atoms with van der Waals surface area (Å²) in [6.07, 6.45) is -2.74. The summed E-state index contributed by atoms with van der Waals surface area (Å²) in [7, 11) is 0. The normalized spacial score (nSPS) is 26.1. The van der Waals surface area contributed by atoms with Crippen LogP contribution >= 0.6 is 12.4 Å². The average Bonchev–Trinajstić information content (AvgIpc) is 2.46. The second-order valence-corrected chi connectivity index (χ2v) is 5.73. The van der Waals surface area contributed by atoms with Gasteiger partial charge in [-0.2, -0.15) is 13.2 Å². The van der Waals surface area contributed by atoms with Gasteiger partial charge in [0.25, 0.3) is 0 Å². The van der Waals surface area contributed by atoms with E-state index in [0.29, 0.717) is 39.0 Å². The van der Waals surface area contributed by atoms with Crippen LogP contribution in [0.15, 0.2) is 0 Å². The quantitative estimate of drug-likeness (QED) is 0.842. The monoisotopic (exact) mass is 330 g/mol. The van der Waals surface area contributed by atoms with E-state index >= 15 is 0 Å². The minimum Gasteiger partial charge on any atom is -0.381 e. The standard InChI is InChI=1S/C13H21F3N2O2.ClH/c14-13(15,16)10-2-1-5-18(8-10)11(19)12(9-17)3-6-20-7-4-12;/h10H,1-9,17H2;1H. The van der Waals surface area contributed by atoms with Gasteiger partial charge in [0.05, 0.1) is 11.3 Å². The molecule has 2 aliphatic rings. The Morgan fingerprint density at radius 1 is 1.33 bits per heavy atom. The third-order valence-electron chi connectivity index (χ3n) is 4.47. The van der Waals surface area contributed by atoms with Crippen molar-refractivity contribution in [2.24, 2.45) is 17.1 Å². The van der Waals surface area contributed by atoms with Crippen molar-refractivity contribution >= 4 is 18.3 Å². The van der Waals surface area contributed by atoms with Crippen molar-refractivity contribution in [3.05, 3.63) is 0 Å². The van der Waals surface area contributed by atoms with Gasteiger partial charge in [-0.15, -0.1) is 12.4 Å². The summed E-state index contributed by atoms with van der Waals surface area (Å²) in [5.74, 6) is -1.63. The Morgan fingerprint density at radius 3 is 2.48 bits per heavy atom. The highest BCUT2D eigenvalue weighted by Crippen LogP contribution is 2.37. The predicted molar refractivity (Wildman–Crippen MR) is 74.1 cm³/mol. The Kier molecular flexibility index (Phi) is 6.31. The molecule has 0 aromatic heterocycles. The highest BCUT2D eigenvalue weighted by Gasteiger charge is 2.47. The number of nitrogens with zero attached hydrogens (tertiary/aromatic N) is 1. The minimum absolute atomic E-state index is 0. The summed E-state index contributed by atoms with van der Waals surface area (Å²) in [6.45, 7) is 1.22. The number of rotatable bonds is 2. The van der Waals surface area contributed by atoms with Crippen molar-refractivity contribution in [1.82, 2.24) is 4.90 Å². The molecular weight excluding hydrogens is 309 g/mol. The van der Waals surface area contributed by atoms with Gasteiger partial charge in [-0.1, -0.05) is 0 Å². The first-order valence-electron chi connectivity index (χ1n) is 7.03. The number of nitrogens with two attached hydrogens (primary N) is 1. The lowest BCUT2D eigenvalue weighted by Gasteiger charge is -2.42. The zero-order chi connectivity index (χ0) is 14.8. The molecule has 2 rings (SSSR count). The zero-order valence-electron chi connectivity index (χ0n) is 11.8. The first-order chi connectivity index (χ1) is 9.39. The Labute approximate surface area is 128 Å². The molecule has 0 saturated carbocycles. The van der Waals surface area contributed by atoms with Gasteiger partial charge in [0.2, 0.25) is 5.91 Å². The Bertz CT molecular complexity index is 360. The van der Waals surface area contributed by atoms with Crippen molar-refractivity contribution < 1.29 is 22.7 Å². The van der Waals surface area contributed by atoms with Gasteiger partial charge in [-0.3, -0.25) is 4.79 Å². The molecule has 0 aromatic rings. The van der Waals surface area contributed by atoms with Crippen molar-refractivity contribution in [2.45, 2.75) is 31.9 Å². The lowest BCUT2D eigenvalue weighted by molar-refractivity contribution is -0.190. The van der Waals surface area contributed by atoms with Crippen LogP contribution in [0.5, 0.6) is 0 Å². The number of halogens is 4. The van der Waals surface area contributed by atoms with E-state index in [0.717, 1.165) is 0 Å². The van der Waals surface area contributed by atoms with E-state index in [9.17, 15) is 18.0 Å². The van der Waals surface area contributed by atoms with Crippen LogP contribution in [-0.2, 0) is 9.53 Å². The van der Waals surface area contributed by atoms with E-state index in [4.69, 9.17) is 10.5 Å². The molecule has 0 aliphatic carbocycles. The number of amides is 1. The van der Waals surface area contributed by atoms with Crippen LogP contribution in [0.2, 0.25) is 0 Å². The largest absolute Gasteiger partial charge is 0.393 e. The number of ether oxygens (including phenoxy) is 1. The Morgan fingerprint density at radius 2 is 1.95 bits per heavy atom. The molecule has 0 bridgehead atoms. The maximum absolute atomic E-state index is 12.8. The first-order valence-corrected chi connectivity index (χ1v) is 7.03. The fraction of sp³-hybridized carbons (Fsp3) is 0.923. The molecule has 21 heavy (non-hydrogen) atoms. The van der Waals surface area contributed by atoms with Crippen LogP contribution in [0, 0.1) is 11.3 Å². The molecular formula is C13H22ClF3N2O2. The molecule has 2 fully saturated rings. The molecule has 2 N–H and O–H groups in total. The highest BCUT2D eigenvalue weighted by molar-refractivity contribution is 5.85. The molecule has 8 heteroatoms. The van der Waals surface area contributed by atoms with Crippen LogP contribution < -0.4 is 5.73 Å². The lowest BCUT2D eigenvalue weighted by atomic mass is 9.78. The molecule has 2 heterocycles. The van der Waals surface area contributed by atoms with Gasteiger partial charge in [0, 0.05) is 32.8 Å². The Balaban J connectivity index is 0.00000220. The van der Waals surface area contributed by atoms with E-state index in [1.54, 1.807) is 0 Å². The van der Waals surface area contributed by atoms with Gasteiger partial charge in [-0.05, 0) is 25.7 Å². The van der Waals surface area contributed by atoms with Gasteiger partial charge in [0.15, 0.2) is 0 Å². The SMILES string of the molecule is Cl.NCC1(C(=O)N2CCCC(C(F)(F)F)C2)CCOCC1. The molecule has 0 aromatic carbocycles. The maximum Gasteiger partial charge on any atom is 0.393 e. The lowest BCUT2D eigenvalue weighted by Crippen LogP contribution is -2.54. The van der Waals surface area contributed by atoms with Crippen molar-refractivity contribution in [3.63, 3.8) is 0 Å². The maximum atomic E-state index is 12.8. The number of carbonyl (C=O) groups is 1. The number of alkyl halides is 3. The molecule has 1 atom stereocenters. The summed E-state index contributed by atoms with van der Waals surface area (Å²) in [5, 5.41) is 0. The molecule has 0 radical (unpaired) electrons. The summed E-state index contributed by atoms with van der Waals surface area (Å²) >= 11 is 0. The van der Waals surface area contributed by atoms with Crippen LogP contribution in [0.4, 0.5) is 13.2 Å². The van der Waals surface area contributed by atoms with Gasteiger partial charge in [-0.25, -0.2) is 0 Å². The summed E-state index contributed by atoms with van der Waals surface area (Å²) in [5.41, 5.74) is 5.01. The summed E-state index contributed by atoms with van der Waals surface area (Å²) in [6, 6.07) is 0. The van der Waals surface area contributed by atoms with E-state index in [2.05, 4.69) is 0 Å². The fourth-order valence-corrected chi connectivity index (χ4v) is 3.03. The third kappa shape index (κ3) is 4.02. The van der Waals surface area contributed by atoms with E-state index in [1.165, 1.54) is 4.90 Å². The van der Waals surface area contributed by atoms with Crippen molar-refractivity contribution in [3.8, 4) is 0 Å². The molecule has 4 nitrogen and oxygen atoms in total. The van der Waals surface area contributed by atoms with Gasteiger partial charge in [0.1, 0.15) is 0 Å². The average molecular weight is 331 g/mol. The molecule has 1 unspecified atom stereocenters. The molecule has 1 amide bonds. The number of piperidine rings is 1. The predicted octanol–water partition coefficient (Wildman–Crippen LogP) is 1.96. The summed E-state index contributed by atoms with van der Waals surface area (Å²) in [4.78, 5) is 14.0. The number of likely N-dealkylation sites (tertiary alicyclic amines) is 1. The topological polar surface area (TPSA) is 55.6 Å². The van der Waals surface area contributed by atoms with Gasteiger partial charge < -0.3 is 15.4 Å². The first kappa shape index (κ1) is 18.5. The molecule has 2 aliphatic heterocycles. The van der Waals surface area contributed by atoms with Crippen LogP contribution in [0.25, 0.3) is 0 Å². The number of carbonyl (C=O) groups excluding carboxylic acids is 1. The number of hydrogen-bond donors (Lipinski definition) is 1. The smallest absolute Gasteiger partial charge is 0.381 e. The van der Waals surface area contributed by atoms with Crippen molar-refractivity contribution in [2.75, 3.05) is 32.8 Å². The minimum atomic E-state index is -4.23. The van der Waals surface area contributed by atoms with Crippen molar-refractivity contribution in [1.29, 1.82) is 0 Å². The second-order valence-electron chi connectivity index (χ2n) is 5.73. The summed E-state index contributed by atoms with van der Waals surface area (Å²) < 4.78 is 43.7. The van der Waals surface area contributed by atoms with Crippen LogP contribution in [-0.4, -0.2) is 49.8 Å². The van der Waals surface area contributed by atoms with E-state index in [-0.39, 0.29) is 37.8 Å². The van der Waals surface area contributed by atoms with Crippen LogP contribution in [0.3, 0.4) is 0 Å². The Hall–Kier alpha value is -0.530. The molecule has 124 valence electrons. The highest BCUT2D eigenvalue weighted by atomic mass is 35.5.